The highest BCUT2D eigenvalue weighted by atomic mass is 16.3. The summed E-state index contributed by atoms with van der Waals surface area (Å²) in [5.41, 5.74) is 1.65. The smallest absolute Gasteiger partial charge is 0.223 e. The van der Waals surface area contributed by atoms with Crippen LogP contribution in [0, 0.1) is 0 Å². The molecule has 128 valence electrons. The predicted molar refractivity (Wildman–Crippen MR) is 92.9 cm³/mol. The Labute approximate surface area is 139 Å². The first-order chi connectivity index (χ1) is 11.1. The molecule has 4 nitrogen and oxygen atoms in total. The summed E-state index contributed by atoms with van der Waals surface area (Å²) < 4.78 is 0. The summed E-state index contributed by atoms with van der Waals surface area (Å²) >= 11 is 0. The molecule has 0 aliphatic heterocycles. The van der Waals surface area contributed by atoms with Crippen LogP contribution in [-0.2, 0) is 17.9 Å². The second-order valence-electron chi connectivity index (χ2n) is 6.62. The maximum Gasteiger partial charge on any atom is 0.223 e. The Morgan fingerprint density at radius 2 is 1.78 bits per heavy atom. The molecule has 0 unspecified atom stereocenters. The van der Waals surface area contributed by atoms with Gasteiger partial charge in [0.2, 0.25) is 5.91 Å². The van der Waals surface area contributed by atoms with Crippen LogP contribution in [0.1, 0.15) is 57.1 Å². The van der Waals surface area contributed by atoms with Crippen molar-refractivity contribution in [1.82, 2.24) is 10.2 Å². The average molecular weight is 318 g/mol. The number of hydrogen-bond donors (Lipinski definition) is 2. The molecule has 0 bridgehead atoms. The fourth-order valence-electron chi connectivity index (χ4n) is 3.34. The van der Waals surface area contributed by atoms with Crippen LogP contribution in [-0.4, -0.2) is 34.6 Å². The molecule has 1 aromatic carbocycles. The molecule has 0 heterocycles. The van der Waals surface area contributed by atoms with Gasteiger partial charge in [0.05, 0.1) is 12.0 Å². The molecule has 1 aliphatic carbocycles. The molecule has 1 saturated carbocycles. The number of aliphatic hydroxyl groups is 1. The van der Waals surface area contributed by atoms with Crippen LogP contribution in [0.5, 0.6) is 0 Å². The van der Waals surface area contributed by atoms with Crippen molar-refractivity contribution >= 4 is 5.91 Å². The monoisotopic (exact) mass is 318 g/mol. The van der Waals surface area contributed by atoms with Gasteiger partial charge in [0.15, 0.2) is 0 Å². The Bertz CT molecular complexity index is 506. The lowest BCUT2D eigenvalue weighted by Crippen LogP contribution is -2.34. The third-order valence-electron chi connectivity index (χ3n) is 4.91. The molecular formula is C19H30N2O2. The topological polar surface area (TPSA) is 52.6 Å². The van der Waals surface area contributed by atoms with Crippen LogP contribution in [0.3, 0.4) is 0 Å². The first-order valence-electron chi connectivity index (χ1n) is 8.84. The summed E-state index contributed by atoms with van der Waals surface area (Å²) in [6.45, 7) is 7.80. The number of hydrogen-bond acceptors (Lipinski definition) is 3. The molecule has 1 aromatic rings. The zero-order valence-corrected chi connectivity index (χ0v) is 14.5. The van der Waals surface area contributed by atoms with E-state index in [-0.39, 0.29) is 12.3 Å². The molecule has 0 atom stereocenters. The van der Waals surface area contributed by atoms with E-state index in [1.807, 2.05) is 12.1 Å². The van der Waals surface area contributed by atoms with Gasteiger partial charge >= 0.3 is 0 Å². The lowest BCUT2D eigenvalue weighted by molar-refractivity contribution is -0.126. The molecule has 1 amide bonds. The van der Waals surface area contributed by atoms with Crippen molar-refractivity contribution in [2.24, 2.45) is 0 Å². The standard InChI is InChI=1S/C19H30N2O2/c1-3-21(4-2)15-17-10-6-5-9-16(17)14-20-18(22)13-19(23)11-7-8-12-19/h5-6,9-10,23H,3-4,7-8,11-15H2,1-2H3,(H,20,22). The first kappa shape index (κ1) is 18.0. The van der Waals surface area contributed by atoms with Crippen molar-refractivity contribution in [3.05, 3.63) is 35.4 Å². The van der Waals surface area contributed by atoms with Crippen LogP contribution in [0.25, 0.3) is 0 Å². The fraction of sp³-hybridized carbons (Fsp3) is 0.632. The summed E-state index contributed by atoms with van der Waals surface area (Å²) in [5, 5.41) is 13.3. The van der Waals surface area contributed by atoms with E-state index < -0.39 is 5.60 Å². The van der Waals surface area contributed by atoms with Gasteiger partial charge in [-0.3, -0.25) is 9.69 Å². The van der Waals surface area contributed by atoms with Crippen molar-refractivity contribution in [1.29, 1.82) is 0 Å². The Balaban J connectivity index is 1.91. The molecule has 2 N–H and O–H groups in total. The van der Waals surface area contributed by atoms with Gasteiger partial charge in [-0.2, -0.15) is 0 Å². The third kappa shape index (κ3) is 5.33. The van der Waals surface area contributed by atoms with E-state index >= 15 is 0 Å². The van der Waals surface area contributed by atoms with Gasteiger partial charge in [0.25, 0.3) is 0 Å². The molecule has 1 fully saturated rings. The number of rotatable bonds is 8. The van der Waals surface area contributed by atoms with E-state index in [1.54, 1.807) is 0 Å². The molecular weight excluding hydrogens is 288 g/mol. The molecule has 2 rings (SSSR count). The third-order valence-corrected chi connectivity index (χ3v) is 4.91. The minimum atomic E-state index is -0.773. The number of nitrogens with one attached hydrogen (secondary N) is 1. The number of carbonyl (C=O) groups is 1. The van der Waals surface area contributed by atoms with Crippen LogP contribution in [0.15, 0.2) is 24.3 Å². The Morgan fingerprint density at radius 1 is 1.17 bits per heavy atom. The summed E-state index contributed by atoms with van der Waals surface area (Å²) in [4.78, 5) is 14.5. The maximum atomic E-state index is 12.1. The van der Waals surface area contributed by atoms with E-state index in [2.05, 4.69) is 36.2 Å². The van der Waals surface area contributed by atoms with Crippen LogP contribution in [0.2, 0.25) is 0 Å². The van der Waals surface area contributed by atoms with Gasteiger partial charge < -0.3 is 10.4 Å². The molecule has 0 spiro atoms. The predicted octanol–water partition coefficient (Wildman–Crippen LogP) is 2.84. The second kappa shape index (κ2) is 8.46. The minimum absolute atomic E-state index is 0.0490. The number of carbonyl (C=O) groups excluding carboxylic acids is 1. The lowest BCUT2D eigenvalue weighted by Gasteiger charge is -2.22. The van der Waals surface area contributed by atoms with E-state index in [0.717, 1.165) is 50.9 Å². The van der Waals surface area contributed by atoms with Gasteiger partial charge in [-0.1, -0.05) is 51.0 Å². The van der Waals surface area contributed by atoms with E-state index in [0.29, 0.717) is 6.54 Å². The summed E-state index contributed by atoms with van der Waals surface area (Å²) in [5.74, 6) is -0.0490. The van der Waals surface area contributed by atoms with Crippen molar-refractivity contribution in [2.75, 3.05) is 13.1 Å². The lowest BCUT2D eigenvalue weighted by atomic mass is 9.97. The first-order valence-corrected chi connectivity index (χ1v) is 8.84. The van der Waals surface area contributed by atoms with Crippen LogP contribution >= 0.6 is 0 Å². The van der Waals surface area contributed by atoms with Crippen molar-refractivity contribution in [2.45, 2.75) is 64.6 Å². The number of benzene rings is 1. The quantitative estimate of drug-likeness (QED) is 0.775. The van der Waals surface area contributed by atoms with E-state index in [1.165, 1.54) is 5.56 Å². The summed E-state index contributed by atoms with van der Waals surface area (Å²) in [6.07, 6.45) is 3.77. The van der Waals surface area contributed by atoms with Gasteiger partial charge in [-0.15, -0.1) is 0 Å². The van der Waals surface area contributed by atoms with Crippen molar-refractivity contribution in [3.8, 4) is 0 Å². The SMILES string of the molecule is CCN(CC)Cc1ccccc1CNC(=O)CC1(O)CCCC1. The zero-order chi connectivity index (χ0) is 16.7. The minimum Gasteiger partial charge on any atom is -0.389 e. The summed E-state index contributed by atoms with van der Waals surface area (Å²) in [7, 11) is 0. The normalized spacial score (nSPS) is 16.7. The van der Waals surface area contributed by atoms with Crippen LogP contribution in [0.4, 0.5) is 0 Å². The Morgan fingerprint density at radius 3 is 2.39 bits per heavy atom. The largest absolute Gasteiger partial charge is 0.389 e. The average Bonchev–Trinajstić information content (AvgIpc) is 2.97. The Kier molecular flexibility index (Phi) is 6.60. The molecule has 4 heteroatoms. The van der Waals surface area contributed by atoms with Gasteiger partial charge in [-0.05, 0) is 37.1 Å². The fourth-order valence-corrected chi connectivity index (χ4v) is 3.34. The molecule has 23 heavy (non-hydrogen) atoms. The molecule has 0 radical (unpaired) electrons. The molecule has 0 aromatic heterocycles. The van der Waals surface area contributed by atoms with E-state index in [9.17, 15) is 9.90 Å². The van der Waals surface area contributed by atoms with Gasteiger partial charge in [-0.25, -0.2) is 0 Å². The van der Waals surface area contributed by atoms with Gasteiger partial charge in [0, 0.05) is 13.1 Å². The second-order valence-corrected chi connectivity index (χ2v) is 6.62. The number of nitrogens with zero attached hydrogens (tertiary/aromatic N) is 1. The number of amides is 1. The maximum absolute atomic E-state index is 12.1. The highest BCUT2D eigenvalue weighted by Gasteiger charge is 2.33. The summed E-state index contributed by atoms with van der Waals surface area (Å²) in [6, 6.07) is 8.26. The van der Waals surface area contributed by atoms with E-state index in [4.69, 9.17) is 0 Å². The molecule has 1 aliphatic rings. The van der Waals surface area contributed by atoms with Crippen LogP contribution < -0.4 is 5.32 Å². The molecule has 0 saturated heterocycles. The van der Waals surface area contributed by atoms with Crippen molar-refractivity contribution in [3.63, 3.8) is 0 Å². The van der Waals surface area contributed by atoms with Crippen molar-refractivity contribution < 1.29 is 9.90 Å². The highest BCUT2D eigenvalue weighted by Crippen LogP contribution is 2.32. The zero-order valence-electron chi connectivity index (χ0n) is 14.5. The highest BCUT2D eigenvalue weighted by molar-refractivity contribution is 5.77. The Hall–Kier alpha value is -1.39. The van der Waals surface area contributed by atoms with Gasteiger partial charge in [0.1, 0.15) is 0 Å².